The lowest BCUT2D eigenvalue weighted by atomic mass is 10.1. The van der Waals surface area contributed by atoms with Crippen molar-refractivity contribution >= 4 is 23.9 Å². The Kier molecular flexibility index (Phi) is 6.32. The lowest BCUT2D eigenvalue weighted by Gasteiger charge is -2.13. The van der Waals surface area contributed by atoms with Gasteiger partial charge in [-0.05, 0) is 43.5 Å². The molecule has 0 aliphatic carbocycles. The zero-order valence-electron chi connectivity index (χ0n) is 14.3. The maximum Gasteiger partial charge on any atom is 0.259 e. The van der Waals surface area contributed by atoms with Crippen molar-refractivity contribution in [3.05, 3.63) is 70.8 Å². The Morgan fingerprint density at radius 1 is 1.08 bits per heavy atom. The van der Waals surface area contributed by atoms with E-state index in [9.17, 15) is 4.79 Å². The number of benzene rings is 2. The molecular weight excluding hydrogens is 298 g/mol. The van der Waals surface area contributed by atoms with Crippen molar-refractivity contribution in [2.75, 3.05) is 11.9 Å². The van der Waals surface area contributed by atoms with E-state index in [1.807, 2.05) is 50.3 Å². The molecule has 0 atom stereocenters. The molecule has 0 saturated heterocycles. The second kappa shape index (κ2) is 8.67. The molecule has 2 N–H and O–H groups in total. The average molecular weight is 321 g/mol. The molecular formula is C20H23N3O. The lowest BCUT2D eigenvalue weighted by Crippen LogP contribution is -2.26. The summed E-state index contributed by atoms with van der Waals surface area (Å²) in [6.45, 7) is 6.32. The number of allylic oxidation sites excluding steroid dienone is 1. The Morgan fingerprint density at radius 3 is 2.42 bits per heavy atom. The normalized spacial score (nSPS) is 11.1. The van der Waals surface area contributed by atoms with Crippen molar-refractivity contribution in [3.8, 4) is 0 Å². The van der Waals surface area contributed by atoms with Crippen molar-refractivity contribution < 1.29 is 4.79 Å². The zero-order chi connectivity index (χ0) is 17.4. The molecule has 124 valence electrons. The van der Waals surface area contributed by atoms with E-state index in [2.05, 4.69) is 34.9 Å². The van der Waals surface area contributed by atoms with Crippen molar-refractivity contribution in [1.29, 1.82) is 0 Å². The van der Waals surface area contributed by atoms with Crippen LogP contribution in [0.25, 0.3) is 6.08 Å². The monoisotopic (exact) mass is 321 g/mol. The predicted molar refractivity (Wildman–Crippen MR) is 101 cm³/mol. The van der Waals surface area contributed by atoms with E-state index in [4.69, 9.17) is 0 Å². The molecule has 24 heavy (non-hydrogen) atoms. The Labute approximate surface area is 143 Å². The first-order chi connectivity index (χ1) is 11.6. The highest BCUT2D eigenvalue weighted by Gasteiger charge is 2.05. The fourth-order valence-corrected chi connectivity index (χ4v) is 2.54. The second-order valence-corrected chi connectivity index (χ2v) is 5.71. The van der Waals surface area contributed by atoms with E-state index < -0.39 is 0 Å². The van der Waals surface area contributed by atoms with E-state index in [0.717, 1.165) is 22.4 Å². The third kappa shape index (κ3) is 5.39. The molecule has 0 unspecified atom stereocenters. The van der Waals surface area contributed by atoms with Crippen molar-refractivity contribution in [2.24, 2.45) is 5.10 Å². The average Bonchev–Trinajstić information content (AvgIpc) is 2.54. The van der Waals surface area contributed by atoms with Crippen LogP contribution in [0.15, 0.2) is 53.6 Å². The molecule has 0 spiro atoms. The van der Waals surface area contributed by atoms with Crippen molar-refractivity contribution in [2.45, 2.75) is 20.8 Å². The minimum atomic E-state index is -0.182. The van der Waals surface area contributed by atoms with Gasteiger partial charge in [-0.15, -0.1) is 0 Å². The number of nitrogens with zero attached hydrogens (tertiary/aromatic N) is 1. The van der Waals surface area contributed by atoms with Crippen LogP contribution >= 0.6 is 0 Å². The first-order valence-corrected chi connectivity index (χ1v) is 7.91. The number of nitrogens with one attached hydrogen (secondary N) is 2. The fourth-order valence-electron chi connectivity index (χ4n) is 2.54. The topological polar surface area (TPSA) is 53.5 Å². The number of carbonyl (C=O) groups is 1. The molecule has 2 aromatic carbocycles. The van der Waals surface area contributed by atoms with Crippen LogP contribution in [-0.4, -0.2) is 18.7 Å². The summed E-state index contributed by atoms with van der Waals surface area (Å²) in [4.78, 5) is 11.8. The summed E-state index contributed by atoms with van der Waals surface area (Å²) in [5, 5.41) is 7.08. The van der Waals surface area contributed by atoms with Crippen LogP contribution in [0, 0.1) is 20.8 Å². The predicted octanol–water partition coefficient (Wildman–Crippen LogP) is 3.84. The molecule has 0 aliphatic heterocycles. The van der Waals surface area contributed by atoms with Gasteiger partial charge in [0.2, 0.25) is 0 Å². The van der Waals surface area contributed by atoms with Gasteiger partial charge in [0.1, 0.15) is 0 Å². The van der Waals surface area contributed by atoms with Crippen LogP contribution in [0.3, 0.4) is 0 Å². The van der Waals surface area contributed by atoms with Gasteiger partial charge in [0.05, 0.1) is 6.54 Å². The van der Waals surface area contributed by atoms with Gasteiger partial charge in [0.15, 0.2) is 0 Å². The highest BCUT2D eigenvalue weighted by molar-refractivity contribution is 5.84. The first kappa shape index (κ1) is 17.5. The minimum absolute atomic E-state index is 0.182. The van der Waals surface area contributed by atoms with Crippen LogP contribution in [0.2, 0.25) is 0 Å². The molecule has 0 aliphatic rings. The fraction of sp³-hybridized carbons (Fsp3) is 0.200. The Bertz CT molecular complexity index is 726. The van der Waals surface area contributed by atoms with E-state index in [0.29, 0.717) is 0 Å². The maximum absolute atomic E-state index is 11.8. The summed E-state index contributed by atoms with van der Waals surface area (Å²) in [7, 11) is 0. The third-order valence-corrected chi connectivity index (χ3v) is 3.54. The molecule has 1 amide bonds. The van der Waals surface area contributed by atoms with Crippen molar-refractivity contribution in [3.63, 3.8) is 0 Å². The standard InChI is InChI=1S/C20H23N3O/c1-15-12-16(2)20(17(3)13-15)21-14-19(24)23-22-11-7-10-18-8-5-4-6-9-18/h4-13,21H,14H2,1-3H3,(H,23,24)/b10-7+,22-11-. The summed E-state index contributed by atoms with van der Waals surface area (Å²) >= 11 is 0. The van der Waals surface area contributed by atoms with Gasteiger partial charge in [-0.1, -0.05) is 54.1 Å². The van der Waals surface area contributed by atoms with Crippen LogP contribution < -0.4 is 10.7 Å². The molecule has 4 heteroatoms. The summed E-state index contributed by atoms with van der Waals surface area (Å²) in [6.07, 6.45) is 5.28. The molecule has 0 aromatic heterocycles. The molecule has 4 nitrogen and oxygen atoms in total. The number of hydrogen-bond acceptors (Lipinski definition) is 3. The number of anilines is 1. The Morgan fingerprint density at radius 2 is 1.75 bits per heavy atom. The first-order valence-electron chi connectivity index (χ1n) is 7.91. The number of amides is 1. The zero-order valence-corrected chi connectivity index (χ0v) is 14.3. The lowest BCUT2D eigenvalue weighted by molar-refractivity contribution is -0.119. The number of hydrogen-bond donors (Lipinski definition) is 2. The molecule has 2 rings (SSSR count). The third-order valence-electron chi connectivity index (χ3n) is 3.54. The summed E-state index contributed by atoms with van der Waals surface area (Å²) in [5.74, 6) is -0.182. The summed E-state index contributed by atoms with van der Waals surface area (Å²) in [5.41, 5.74) is 8.08. The summed E-state index contributed by atoms with van der Waals surface area (Å²) < 4.78 is 0. The van der Waals surface area contributed by atoms with E-state index in [1.54, 1.807) is 12.3 Å². The van der Waals surface area contributed by atoms with Crippen LogP contribution in [-0.2, 0) is 4.79 Å². The molecule has 0 bridgehead atoms. The molecule has 0 radical (unpaired) electrons. The maximum atomic E-state index is 11.8. The number of carbonyl (C=O) groups excluding carboxylic acids is 1. The highest BCUT2D eigenvalue weighted by Crippen LogP contribution is 2.21. The molecule has 0 heterocycles. The Hall–Kier alpha value is -2.88. The Balaban J connectivity index is 1.80. The van der Waals surface area contributed by atoms with E-state index in [1.165, 1.54) is 5.56 Å². The van der Waals surface area contributed by atoms with Gasteiger partial charge in [-0.2, -0.15) is 5.10 Å². The minimum Gasteiger partial charge on any atom is -0.376 e. The second-order valence-electron chi connectivity index (χ2n) is 5.71. The molecule has 2 aromatic rings. The van der Waals surface area contributed by atoms with Gasteiger partial charge < -0.3 is 5.32 Å². The largest absolute Gasteiger partial charge is 0.376 e. The molecule has 0 saturated carbocycles. The van der Waals surface area contributed by atoms with Gasteiger partial charge >= 0.3 is 0 Å². The number of rotatable bonds is 6. The summed E-state index contributed by atoms with van der Waals surface area (Å²) in [6, 6.07) is 14.1. The molecule has 0 fully saturated rings. The quantitative estimate of drug-likeness (QED) is 0.627. The van der Waals surface area contributed by atoms with Gasteiger partial charge in [-0.25, -0.2) is 5.43 Å². The van der Waals surface area contributed by atoms with E-state index >= 15 is 0 Å². The van der Waals surface area contributed by atoms with Crippen LogP contribution in [0.5, 0.6) is 0 Å². The van der Waals surface area contributed by atoms with Crippen LogP contribution in [0.1, 0.15) is 22.3 Å². The van der Waals surface area contributed by atoms with Gasteiger partial charge in [0, 0.05) is 11.9 Å². The van der Waals surface area contributed by atoms with E-state index in [-0.39, 0.29) is 12.5 Å². The number of hydrazone groups is 1. The highest BCUT2D eigenvalue weighted by atomic mass is 16.2. The number of aryl methyl sites for hydroxylation is 3. The van der Waals surface area contributed by atoms with Crippen molar-refractivity contribution in [1.82, 2.24) is 5.43 Å². The van der Waals surface area contributed by atoms with Gasteiger partial charge in [-0.3, -0.25) is 4.79 Å². The SMILES string of the molecule is Cc1cc(C)c(NCC(=O)N/N=C\C=C\c2ccccc2)c(C)c1. The smallest absolute Gasteiger partial charge is 0.259 e. The van der Waals surface area contributed by atoms with Gasteiger partial charge in [0.25, 0.3) is 5.91 Å². The van der Waals surface area contributed by atoms with Crippen LogP contribution in [0.4, 0.5) is 5.69 Å².